The molecular weight excluding hydrogens is 314 g/mol. The van der Waals surface area contributed by atoms with E-state index < -0.39 is 0 Å². The van der Waals surface area contributed by atoms with Crippen molar-refractivity contribution in [2.75, 3.05) is 37.6 Å². The maximum Gasteiger partial charge on any atom is 0.194 e. The quantitative estimate of drug-likeness (QED) is 0.670. The van der Waals surface area contributed by atoms with Gasteiger partial charge in [-0.25, -0.2) is 9.98 Å². The zero-order chi connectivity index (χ0) is 17.6. The van der Waals surface area contributed by atoms with Crippen LogP contribution in [0.4, 0.5) is 5.82 Å². The van der Waals surface area contributed by atoms with E-state index in [1.54, 1.807) is 0 Å². The van der Waals surface area contributed by atoms with E-state index in [1.807, 2.05) is 6.20 Å². The topological polar surface area (TPSA) is 53.0 Å². The van der Waals surface area contributed by atoms with Crippen LogP contribution in [-0.4, -0.2) is 60.8 Å². The molecule has 0 amide bonds. The largest absolute Gasteiger partial charge is 0.372 e. The van der Waals surface area contributed by atoms with Gasteiger partial charge in [-0.15, -0.1) is 0 Å². The Hall–Kier alpha value is -1.82. The molecule has 0 radical (unpaired) electrons. The summed E-state index contributed by atoms with van der Waals surface area (Å²) >= 11 is 0. The van der Waals surface area contributed by atoms with Crippen molar-refractivity contribution in [1.82, 2.24) is 15.2 Å². The lowest BCUT2D eigenvalue weighted by Crippen LogP contribution is -2.45. The van der Waals surface area contributed by atoms with E-state index in [1.165, 1.54) is 12.8 Å². The number of nitrogens with one attached hydrogen (secondary N) is 1. The molecule has 0 saturated carbocycles. The van der Waals surface area contributed by atoms with E-state index in [0.717, 1.165) is 50.1 Å². The minimum Gasteiger partial charge on any atom is -0.372 e. The van der Waals surface area contributed by atoms with Crippen molar-refractivity contribution in [2.24, 2.45) is 4.99 Å². The molecule has 2 aliphatic heterocycles. The predicted molar refractivity (Wildman–Crippen MR) is 102 cm³/mol. The van der Waals surface area contributed by atoms with Crippen LogP contribution < -0.4 is 10.2 Å². The Morgan fingerprint density at radius 1 is 1.24 bits per heavy atom. The molecule has 0 bridgehead atoms. The average Bonchev–Trinajstić information content (AvgIpc) is 3.12. The normalized spacial score (nSPS) is 24.7. The number of likely N-dealkylation sites (tertiary alicyclic amines) is 1. The molecule has 6 nitrogen and oxygen atoms in total. The molecule has 3 rings (SSSR count). The summed E-state index contributed by atoms with van der Waals surface area (Å²) in [6.45, 7) is 11.9. The van der Waals surface area contributed by atoms with Crippen molar-refractivity contribution in [3.63, 3.8) is 0 Å². The Balaban J connectivity index is 1.62. The molecule has 2 fully saturated rings. The molecule has 1 aromatic rings. The first kappa shape index (κ1) is 18.0. The first-order chi connectivity index (χ1) is 12.2. The second-order valence-corrected chi connectivity index (χ2v) is 7.05. The summed E-state index contributed by atoms with van der Waals surface area (Å²) < 4.78 is 5.80. The standard InChI is InChI=1S/C19H31N5O/c1-4-20-19(23-9-5-6-10-23)22-12-17-7-8-18(21-11-17)24-13-15(2)25-16(3)14-24/h7-8,11,15-16H,4-6,9-10,12-14H2,1-3H3,(H,20,22). The third-order valence-corrected chi connectivity index (χ3v) is 4.70. The Bertz CT molecular complexity index is 558. The van der Waals surface area contributed by atoms with E-state index >= 15 is 0 Å². The zero-order valence-corrected chi connectivity index (χ0v) is 15.7. The molecule has 2 saturated heterocycles. The zero-order valence-electron chi connectivity index (χ0n) is 15.7. The van der Waals surface area contributed by atoms with Crippen LogP contribution in [0.3, 0.4) is 0 Å². The smallest absolute Gasteiger partial charge is 0.194 e. The van der Waals surface area contributed by atoms with Gasteiger partial charge in [-0.2, -0.15) is 0 Å². The number of hydrogen-bond donors (Lipinski definition) is 1. The molecular formula is C19H31N5O. The van der Waals surface area contributed by atoms with E-state index in [4.69, 9.17) is 9.73 Å². The molecule has 3 heterocycles. The molecule has 138 valence electrons. The van der Waals surface area contributed by atoms with Crippen molar-refractivity contribution in [2.45, 2.75) is 52.4 Å². The molecule has 6 heteroatoms. The Labute approximate surface area is 151 Å². The van der Waals surface area contributed by atoms with Gasteiger partial charge < -0.3 is 19.9 Å². The summed E-state index contributed by atoms with van der Waals surface area (Å²) in [4.78, 5) is 14.1. The number of aliphatic imine (C=N–C) groups is 1. The second-order valence-electron chi connectivity index (χ2n) is 7.05. The van der Waals surface area contributed by atoms with Crippen LogP contribution >= 0.6 is 0 Å². The van der Waals surface area contributed by atoms with Gasteiger partial charge >= 0.3 is 0 Å². The number of aromatic nitrogens is 1. The molecule has 2 atom stereocenters. The van der Waals surface area contributed by atoms with E-state index in [-0.39, 0.29) is 12.2 Å². The SMILES string of the molecule is CCNC(=NCc1ccc(N2CC(C)OC(C)C2)nc1)N1CCCC1. The number of nitrogens with zero attached hydrogens (tertiary/aromatic N) is 4. The number of morpholine rings is 1. The first-order valence-corrected chi connectivity index (χ1v) is 9.54. The first-order valence-electron chi connectivity index (χ1n) is 9.54. The molecule has 1 N–H and O–H groups in total. The summed E-state index contributed by atoms with van der Waals surface area (Å²) in [5, 5.41) is 3.40. The molecule has 1 aromatic heterocycles. The van der Waals surface area contributed by atoms with Gasteiger partial charge in [-0.3, -0.25) is 0 Å². The third-order valence-electron chi connectivity index (χ3n) is 4.70. The van der Waals surface area contributed by atoms with Crippen molar-refractivity contribution in [3.8, 4) is 0 Å². The van der Waals surface area contributed by atoms with Crippen LogP contribution in [0.2, 0.25) is 0 Å². The third kappa shape index (κ3) is 4.84. The molecule has 0 aliphatic carbocycles. The predicted octanol–water partition coefficient (Wildman–Crippen LogP) is 2.26. The van der Waals surface area contributed by atoms with Crippen LogP contribution in [0, 0.1) is 0 Å². The van der Waals surface area contributed by atoms with Gasteiger partial charge in [-0.05, 0) is 45.2 Å². The van der Waals surface area contributed by atoms with Crippen molar-refractivity contribution >= 4 is 11.8 Å². The fourth-order valence-corrected chi connectivity index (χ4v) is 3.58. The number of anilines is 1. The van der Waals surface area contributed by atoms with Gasteiger partial charge in [0.1, 0.15) is 5.82 Å². The van der Waals surface area contributed by atoms with Gasteiger partial charge in [-0.1, -0.05) is 6.07 Å². The second kappa shape index (κ2) is 8.52. The van der Waals surface area contributed by atoms with Crippen molar-refractivity contribution < 1.29 is 4.74 Å². The lowest BCUT2D eigenvalue weighted by Gasteiger charge is -2.36. The van der Waals surface area contributed by atoms with Gasteiger partial charge in [0.25, 0.3) is 0 Å². The molecule has 2 unspecified atom stereocenters. The maximum atomic E-state index is 5.80. The van der Waals surface area contributed by atoms with E-state index in [9.17, 15) is 0 Å². The van der Waals surface area contributed by atoms with Crippen molar-refractivity contribution in [1.29, 1.82) is 0 Å². The molecule has 0 aromatic carbocycles. The van der Waals surface area contributed by atoms with E-state index in [0.29, 0.717) is 6.54 Å². The lowest BCUT2D eigenvalue weighted by atomic mass is 10.2. The van der Waals surface area contributed by atoms with Crippen LogP contribution in [0.1, 0.15) is 39.2 Å². The highest BCUT2D eigenvalue weighted by atomic mass is 16.5. The molecule has 2 aliphatic rings. The number of pyridine rings is 1. The number of hydrogen-bond acceptors (Lipinski definition) is 4. The molecule has 0 spiro atoms. The minimum absolute atomic E-state index is 0.248. The number of ether oxygens (including phenoxy) is 1. The number of guanidine groups is 1. The highest BCUT2D eigenvalue weighted by Crippen LogP contribution is 2.18. The van der Waals surface area contributed by atoms with Crippen LogP contribution in [0.15, 0.2) is 23.3 Å². The summed E-state index contributed by atoms with van der Waals surface area (Å²) in [5.74, 6) is 2.06. The maximum absolute atomic E-state index is 5.80. The Morgan fingerprint density at radius 2 is 1.96 bits per heavy atom. The van der Waals surface area contributed by atoms with Gasteiger partial charge in [0.05, 0.1) is 18.8 Å². The van der Waals surface area contributed by atoms with Crippen LogP contribution in [-0.2, 0) is 11.3 Å². The number of rotatable bonds is 4. The van der Waals surface area contributed by atoms with E-state index in [2.05, 4.69) is 53.0 Å². The summed E-state index contributed by atoms with van der Waals surface area (Å²) in [6.07, 6.45) is 4.97. The van der Waals surface area contributed by atoms with Crippen molar-refractivity contribution in [3.05, 3.63) is 23.9 Å². The van der Waals surface area contributed by atoms with Gasteiger partial charge in [0.15, 0.2) is 5.96 Å². The summed E-state index contributed by atoms with van der Waals surface area (Å²) in [6, 6.07) is 4.25. The van der Waals surface area contributed by atoms with Crippen LogP contribution in [0.5, 0.6) is 0 Å². The Kier molecular flexibility index (Phi) is 6.13. The fourth-order valence-electron chi connectivity index (χ4n) is 3.58. The van der Waals surface area contributed by atoms with Gasteiger partial charge in [0.2, 0.25) is 0 Å². The fraction of sp³-hybridized carbons (Fsp3) is 0.684. The summed E-state index contributed by atoms with van der Waals surface area (Å²) in [7, 11) is 0. The highest BCUT2D eigenvalue weighted by molar-refractivity contribution is 5.80. The summed E-state index contributed by atoms with van der Waals surface area (Å²) in [5.41, 5.74) is 1.15. The molecule has 25 heavy (non-hydrogen) atoms. The minimum atomic E-state index is 0.248. The lowest BCUT2D eigenvalue weighted by molar-refractivity contribution is -0.00545. The van der Waals surface area contributed by atoms with Crippen LogP contribution in [0.25, 0.3) is 0 Å². The van der Waals surface area contributed by atoms with Gasteiger partial charge in [0, 0.05) is 38.9 Å². The Morgan fingerprint density at radius 3 is 2.56 bits per heavy atom. The average molecular weight is 345 g/mol. The monoisotopic (exact) mass is 345 g/mol. The highest BCUT2D eigenvalue weighted by Gasteiger charge is 2.23.